The van der Waals surface area contributed by atoms with E-state index >= 15 is 0 Å². The van der Waals surface area contributed by atoms with E-state index in [1.165, 1.54) is 36.3 Å². The minimum atomic E-state index is -0.508. The van der Waals surface area contributed by atoms with Gasteiger partial charge in [0.25, 0.3) is 16.8 Å². The SMILES string of the molecule is COc1cc([N+](=O)[O-])ccc1-c1ccc(/C=C2\SC(=O)N(Cc3ccc(I)cc3)C2=O)o1. The van der Waals surface area contributed by atoms with Crippen molar-refractivity contribution in [3.63, 3.8) is 0 Å². The number of hydrogen-bond acceptors (Lipinski definition) is 7. The van der Waals surface area contributed by atoms with Crippen molar-refractivity contribution in [1.82, 2.24) is 4.90 Å². The molecule has 1 saturated heterocycles. The quantitative estimate of drug-likeness (QED) is 0.164. The lowest BCUT2D eigenvalue weighted by Gasteiger charge is -2.12. The highest BCUT2D eigenvalue weighted by Gasteiger charge is 2.35. The van der Waals surface area contributed by atoms with E-state index in [9.17, 15) is 19.7 Å². The van der Waals surface area contributed by atoms with Crippen LogP contribution in [0.4, 0.5) is 10.5 Å². The number of amides is 2. The first-order chi connectivity index (χ1) is 15.4. The minimum Gasteiger partial charge on any atom is -0.496 e. The lowest BCUT2D eigenvalue weighted by atomic mass is 10.1. The maximum atomic E-state index is 12.8. The van der Waals surface area contributed by atoms with E-state index in [1.54, 1.807) is 12.1 Å². The number of nitro groups is 1. The molecule has 0 aliphatic carbocycles. The lowest BCUT2D eigenvalue weighted by Crippen LogP contribution is -2.27. The van der Waals surface area contributed by atoms with Crippen LogP contribution >= 0.6 is 34.4 Å². The molecule has 1 aliphatic heterocycles. The van der Waals surface area contributed by atoms with Crippen LogP contribution in [0.1, 0.15) is 11.3 Å². The van der Waals surface area contributed by atoms with Crippen LogP contribution in [0.5, 0.6) is 5.75 Å². The molecule has 0 N–H and O–H groups in total. The van der Waals surface area contributed by atoms with E-state index < -0.39 is 4.92 Å². The van der Waals surface area contributed by atoms with E-state index in [0.717, 1.165) is 20.9 Å². The molecule has 0 atom stereocenters. The molecule has 162 valence electrons. The summed E-state index contributed by atoms with van der Waals surface area (Å²) >= 11 is 3.05. The fraction of sp³-hybridized carbons (Fsp3) is 0.0909. The third kappa shape index (κ3) is 4.55. The number of furan rings is 1. The largest absolute Gasteiger partial charge is 0.496 e. The normalized spacial score (nSPS) is 14.9. The van der Waals surface area contributed by atoms with Gasteiger partial charge in [-0.25, -0.2) is 0 Å². The highest BCUT2D eigenvalue weighted by atomic mass is 127. The van der Waals surface area contributed by atoms with Crippen LogP contribution in [-0.2, 0) is 11.3 Å². The van der Waals surface area contributed by atoms with E-state index in [-0.39, 0.29) is 34.0 Å². The molecule has 4 rings (SSSR count). The number of imide groups is 1. The molecule has 2 amide bonds. The predicted molar refractivity (Wildman–Crippen MR) is 128 cm³/mol. The number of halogens is 1. The average Bonchev–Trinajstić information content (AvgIpc) is 3.34. The Kier molecular flexibility index (Phi) is 6.33. The van der Waals surface area contributed by atoms with E-state index in [1.807, 2.05) is 24.3 Å². The molecule has 1 fully saturated rings. The summed E-state index contributed by atoms with van der Waals surface area (Å²) in [4.78, 5) is 37.1. The van der Waals surface area contributed by atoms with Crippen molar-refractivity contribution < 1.29 is 23.7 Å². The first kappa shape index (κ1) is 22.1. The Hall–Kier alpha value is -3.12. The van der Waals surface area contributed by atoms with E-state index in [0.29, 0.717) is 17.1 Å². The summed E-state index contributed by atoms with van der Waals surface area (Å²) in [5.41, 5.74) is 1.29. The Labute approximate surface area is 200 Å². The molecule has 1 aromatic heterocycles. The summed E-state index contributed by atoms with van der Waals surface area (Å²) in [5.74, 6) is 0.698. The summed E-state index contributed by atoms with van der Waals surface area (Å²) in [6, 6.07) is 15.1. The molecule has 3 aromatic rings. The van der Waals surface area contributed by atoms with Crippen LogP contribution in [0.3, 0.4) is 0 Å². The zero-order valence-corrected chi connectivity index (χ0v) is 19.6. The molecule has 10 heteroatoms. The van der Waals surface area contributed by atoms with Gasteiger partial charge in [0, 0.05) is 15.7 Å². The van der Waals surface area contributed by atoms with Gasteiger partial charge in [0.05, 0.1) is 35.1 Å². The highest BCUT2D eigenvalue weighted by molar-refractivity contribution is 14.1. The Morgan fingerprint density at radius 2 is 1.91 bits per heavy atom. The van der Waals surface area contributed by atoms with Crippen LogP contribution in [0.25, 0.3) is 17.4 Å². The fourth-order valence-electron chi connectivity index (χ4n) is 3.11. The van der Waals surface area contributed by atoms with Crippen LogP contribution in [0.2, 0.25) is 0 Å². The minimum absolute atomic E-state index is 0.0980. The van der Waals surface area contributed by atoms with Gasteiger partial charge in [-0.3, -0.25) is 24.6 Å². The van der Waals surface area contributed by atoms with Crippen LogP contribution < -0.4 is 4.74 Å². The zero-order chi connectivity index (χ0) is 22.8. The molecule has 2 aromatic carbocycles. The van der Waals surface area contributed by atoms with Gasteiger partial charge in [0.1, 0.15) is 17.3 Å². The van der Waals surface area contributed by atoms with Gasteiger partial charge in [-0.05, 0) is 70.2 Å². The fourth-order valence-corrected chi connectivity index (χ4v) is 4.29. The Morgan fingerprint density at radius 3 is 2.59 bits per heavy atom. The summed E-state index contributed by atoms with van der Waals surface area (Å²) in [5, 5.41) is 10.6. The van der Waals surface area contributed by atoms with Crippen molar-refractivity contribution in [3.05, 3.63) is 84.5 Å². The number of hydrogen-bond donors (Lipinski definition) is 0. The topological polar surface area (TPSA) is 103 Å². The third-order valence-corrected chi connectivity index (χ3v) is 6.32. The molecule has 32 heavy (non-hydrogen) atoms. The lowest BCUT2D eigenvalue weighted by molar-refractivity contribution is -0.384. The van der Waals surface area contributed by atoms with Crippen molar-refractivity contribution in [2.45, 2.75) is 6.54 Å². The van der Waals surface area contributed by atoms with Crippen molar-refractivity contribution in [3.8, 4) is 17.1 Å². The zero-order valence-electron chi connectivity index (χ0n) is 16.6. The molecule has 0 unspecified atom stereocenters. The maximum absolute atomic E-state index is 12.8. The van der Waals surface area contributed by atoms with Crippen LogP contribution in [0.15, 0.2) is 63.9 Å². The second-order valence-corrected chi connectivity index (χ2v) is 8.98. The molecule has 2 heterocycles. The second-order valence-electron chi connectivity index (χ2n) is 6.74. The molecule has 8 nitrogen and oxygen atoms in total. The van der Waals surface area contributed by atoms with Gasteiger partial charge in [-0.2, -0.15) is 0 Å². The molecular weight excluding hydrogens is 547 g/mol. The van der Waals surface area contributed by atoms with Crippen LogP contribution in [0, 0.1) is 13.7 Å². The van der Waals surface area contributed by atoms with Gasteiger partial charge in [0.2, 0.25) is 0 Å². The van der Waals surface area contributed by atoms with E-state index in [4.69, 9.17) is 9.15 Å². The van der Waals surface area contributed by atoms with Crippen molar-refractivity contribution in [1.29, 1.82) is 0 Å². The summed E-state index contributed by atoms with van der Waals surface area (Å²) in [7, 11) is 1.41. The van der Waals surface area contributed by atoms with E-state index in [2.05, 4.69) is 22.6 Å². The maximum Gasteiger partial charge on any atom is 0.293 e. The van der Waals surface area contributed by atoms with Gasteiger partial charge in [-0.1, -0.05) is 12.1 Å². The summed E-state index contributed by atoms with van der Waals surface area (Å²) in [6.45, 7) is 0.197. The molecule has 0 saturated carbocycles. The second kappa shape index (κ2) is 9.17. The number of carbonyl (C=O) groups is 2. The summed E-state index contributed by atoms with van der Waals surface area (Å²) in [6.07, 6.45) is 1.51. The van der Waals surface area contributed by atoms with Crippen molar-refractivity contribution >= 4 is 57.3 Å². The molecule has 0 bridgehead atoms. The standard InChI is InChI=1S/C22H15IN2O6S/c1-30-19-10-15(25(28)29)6-8-17(19)18-9-7-16(31-18)11-20-21(26)24(22(27)32-20)12-13-2-4-14(23)5-3-13/h2-11H,12H2,1H3/b20-11-. The number of ether oxygens (including phenoxy) is 1. The monoisotopic (exact) mass is 562 g/mol. The molecule has 1 aliphatic rings. The van der Waals surface area contributed by atoms with Gasteiger partial charge in [0.15, 0.2) is 0 Å². The van der Waals surface area contributed by atoms with Crippen molar-refractivity contribution in [2.24, 2.45) is 0 Å². The van der Waals surface area contributed by atoms with Gasteiger partial charge in [-0.15, -0.1) is 0 Å². The average molecular weight is 562 g/mol. The third-order valence-electron chi connectivity index (χ3n) is 4.69. The summed E-state index contributed by atoms with van der Waals surface area (Å²) < 4.78 is 12.1. The number of thioether (sulfide) groups is 1. The Bertz CT molecular complexity index is 1250. The first-order valence-corrected chi connectivity index (χ1v) is 11.2. The van der Waals surface area contributed by atoms with Crippen molar-refractivity contribution in [2.75, 3.05) is 7.11 Å². The number of carbonyl (C=O) groups excluding carboxylic acids is 2. The van der Waals surface area contributed by atoms with Crippen LogP contribution in [-0.4, -0.2) is 28.1 Å². The molecule has 0 spiro atoms. The highest BCUT2D eigenvalue weighted by Crippen LogP contribution is 2.37. The molecular formula is C22H15IN2O6S. The predicted octanol–water partition coefficient (Wildman–Crippen LogP) is 5.70. The number of methoxy groups -OCH3 is 1. The number of non-ortho nitro benzene ring substituents is 1. The molecule has 0 radical (unpaired) electrons. The smallest absolute Gasteiger partial charge is 0.293 e. The number of benzene rings is 2. The first-order valence-electron chi connectivity index (χ1n) is 9.28. The Morgan fingerprint density at radius 1 is 1.16 bits per heavy atom. The van der Waals surface area contributed by atoms with Gasteiger partial charge >= 0.3 is 0 Å². The number of nitrogens with zero attached hydrogens (tertiary/aromatic N) is 2. The Balaban J connectivity index is 1.55. The van der Waals surface area contributed by atoms with Gasteiger partial charge < -0.3 is 9.15 Å². The number of rotatable bonds is 6. The number of nitro benzene ring substituents is 1.